The van der Waals surface area contributed by atoms with Crippen LogP contribution in [0, 0.1) is 0 Å². The zero-order valence-electron chi connectivity index (χ0n) is 16.1. The molecule has 1 aromatic rings. The van der Waals surface area contributed by atoms with Gasteiger partial charge in [0.15, 0.2) is 6.61 Å². The molecule has 0 aromatic heterocycles. The lowest BCUT2D eigenvalue weighted by Crippen LogP contribution is -2.30. The van der Waals surface area contributed by atoms with Gasteiger partial charge < -0.3 is 10.1 Å². The van der Waals surface area contributed by atoms with Gasteiger partial charge in [0.2, 0.25) is 0 Å². The highest BCUT2D eigenvalue weighted by molar-refractivity contribution is 7.90. The van der Waals surface area contributed by atoms with Crippen LogP contribution in [0.3, 0.4) is 0 Å². The van der Waals surface area contributed by atoms with Crippen LogP contribution >= 0.6 is 0 Å². The molecule has 0 unspecified atom stereocenters. The van der Waals surface area contributed by atoms with Gasteiger partial charge in [0, 0.05) is 12.1 Å². The molecule has 8 nitrogen and oxygen atoms in total. The van der Waals surface area contributed by atoms with Crippen molar-refractivity contribution in [3.8, 4) is 0 Å². The molecule has 2 N–H and O–H groups in total. The number of allylic oxidation sites excluding steroid dienone is 1. The van der Waals surface area contributed by atoms with E-state index in [4.69, 9.17) is 4.74 Å². The predicted octanol–water partition coefficient (Wildman–Crippen LogP) is 1.67. The third kappa shape index (κ3) is 5.90. The van der Waals surface area contributed by atoms with Crippen molar-refractivity contribution < 1.29 is 22.7 Å². The number of benzene rings is 1. The van der Waals surface area contributed by atoms with Crippen LogP contribution in [0.4, 0.5) is 0 Å². The van der Waals surface area contributed by atoms with Crippen LogP contribution in [0.2, 0.25) is 0 Å². The summed E-state index contributed by atoms with van der Waals surface area (Å²) in [5.74, 6) is -0.685. The summed E-state index contributed by atoms with van der Waals surface area (Å²) >= 11 is 0. The lowest BCUT2D eigenvalue weighted by Gasteiger charge is -2.12. The van der Waals surface area contributed by atoms with E-state index in [-0.39, 0.29) is 36.2 Å². The molecule has 0 fully saturated rings. The number of nitrogens with zero attached hydrogens (tertiary/aromatic N) is 1. The molecule has 0 saturated heterocycles. The van der Waals surface area contributed by atoms with Crippen LogP contribution < -0.4 is 10.0 Å². The number of hydrogen-bond donors (Lipinski definition) is 2. The number of sulfonamides is 1. The van der Waals surface area contributed by atoms with Gasteiger partial charge in [0.05, 0.1) is 17.9 Å². The van der Waals surface area contributed by atoms with E-state index in [2.05, 4.69) is 21.1 Å². The number of carbonyl (C=O) groups excluding carboxylic acids is 2. The van der Waals surface area contributed by atoms with Gasteiger partial charge in [0.1, 0.15) is 5.84 Å². The largest absolute Gasteiger partial charge is 0.456 e. The molecule has 2 aliphatic rings. The fraction of sp³-hybridized carbons (Fsp3) is 0.450. The minimum atomic E-state index is -3.60. The summed E-state index contributed by atoms with van der Waals surface area (Å²) in [6.45, 7) is 0.264. The maximum Gasteiger partial charge on any atom is 0.308 e. The number of aliphatic imine (C=N–C) groups is 1. The minimum absolute atomic E-state index is 0.0481. The normalized spacial score (nSPS) is 18.5. The highest BCUT2D eigenvalue weighted by atomic mass is 32.2. The van der Waals surface area contributed by atoms with E-state index in [1.807, 2.05) is 0 Å². The highest BCUT2D eigenvalue weighted by Gasteiger charge is 2.29. The Bertz CT molecular complexity index is 937. The second-order valence-corrected chi connectivity index (χ2v) is 8.60. The van der Waals surface area contributed by atoms with Gasteiger partial charge in [0.25, 0.3) is 15.9 Å². The number of rotatable bonds is 8. The van der Waals surface area contributed by atoms with Crippen molar-refractivity contribution in [1.29, 1.82) is 0 Å². The number of fused-ring (bicyclic) bond motifs is 1. The van der Waals surface area contributed by atoms with Crippen LogP contribution in [0.15, 0.2) is 45.8 Å². The Kier molecular flexibility index (Phi) is 7.03. The molecule has 0 radical (unpaired) electrons. The maximum absolute atomic E-state index is 12.0. The summed E-state index contributed by atoms with van der Waals surface area (Å²) in [5, 5.41) is 2.74. The molecule has 156 valence electrons. The monoisotopic (exact) mass is 419 g/mol. The Morgan fingerprint density at radius 3 is 2.83 bits per heavy atom. The van der Waals surface area contributed by atoms with E-state index in [0.717, 1.165) is 19.3 Å². The summed E-state index contributed by atoms with van der Waals surface area (Å²) in [5.41, 5.74) is 1.85. The molecular weight excluding hydrogens is 394 g/mol. The topological polar surface area (TPSA) is 114 Å². The summed E-state index contributed by atoms with van der Waals surface area (Å²) < 4.78 is 31.3. The average Bonchev–Trinajstić information content (AvgIpc) is 2.98. The fourth-order valence-electron chi connectivity index (χ4n) is 3.27. The molecule has 29 heavy (non-hydrogen) atoms. The fourth-order valence-corrected chi connectivity index (χ4v) is 4.52. The van der Waals surface area contributed by atoms with Crippen LogP contribution in [0.5, 0.6) is 0 Å². The summed E-state index contributed by atoms with van der Waals surface area (Å²) in [4.78, 5) is 27.9. The Hall–Kier alpha value is -2.68. The Labute approximate surface area is 170 Å². The van der Waals surface area contributed by atoms with E-state index < -0.39 is 16.0 Å². The molecule has 1 heterocycles. The molecular formula is C20H25N3O5S. The number of nitrogens with one attached hydrogen (secondary N) is 2. The molecule has 1 aromatic carbocycles. The SMILES string of the molecule is O=C(COC(=O)CCN=C1NS(=O)(=O)c2ccccc21)NCCC1=CCCCC1. The van der Waals surface area contributed by atoms with Crippen molar-refractivity contribution in [3.63, 3.8) is 0 Å². The molecule has 1 aliphatic carbocycles. The van der Waals surface area contributed by atoms with Crippen molar-refractivity contribution in [2.24, 2.45) is 4.99 Å². The lowest BCUT2D eigenvalue weighted by atomic mass is 9.97. The van der Waals surface area contributed by atoms with Crippen LogP contribution in [0.25, 0.3) is 0 Å². The summed E-state index contributed by atoms with van der Waals surface area (Å²) in [6, 6.07) is 6.50. The third-order valence-electron chi connectivity index (χ3n) is 4.77. The van der Waals surface area contributed by atoms with Gasteiger partial charge >= 0.3 is 5.97 Å². The second kappa shape index (κ2) is 9.69. The van der Waals surface area contributed by atoms with Crippen molar-refractivity contribution in [1.82, 2.24) is 10.0 Å². The first-order chi connectivity index (χ1) is 14.0. The average molecular weight is 420 g/mol. The first-order valence-electron chi connectivity index (χ1n) is 9.72. The van der Waals surface area contributed by atoms with Gasteiger partial charge in [-0.15, -0.1) is 0 Å². The van der Waals surface area contributed by atoms with Crippen LogP contribution in [0.1, 0.15) is 44.1 Å². The molecule has 0 bridgehead atoms. The molecule has 3 rings (SSSR count). The zero-order valence-corrected chi connectivity index (χ0v) is 17.0. The minimum Gasteiger partial charge on any atom is -0.456 e. The Morgan fingerprint density at radius 2 is 2.03 bits per heavy atom. The van der Waals surface area contributed by atoms with Crippen molar-refractivity contribution in [2.75, 3.05) is 19.7 Å². The van der Waals surface area contributed by atoms with Crippen molar-refractivity contribution >= 4 is 27.7 Å². The Balaban J connectivity index is 1.37. The van der Waals surface area contributed by atoms with E-state index in [0.29, 0.717) is 12.1 Å². The van der Waals surface area contributed by atoms with Crippen molar-refractivity contribution in [3.05, 3.63) is 41.5 Å². The van der Waals surface area contributed by atoms with Gasteiger partial charge in [-0.05, 0) is 44.2 Å². The van der Waals surface area contributed by atoms with Gasteiger partial charge in [-0.25, -0.2) is 8.42 Å². The smallest absolute Gasteiger partial charge is 0.308 e. The van der Waals surface area contributed by atoms with Crippen molar-refractivity contribution in [2.45, 2.75) is 43.4 Å². The molecule has 0 saturated carbocycles. The van der Waals surface area contributed by atoms with Gasteiger partial charge in [-0.3, -0.25) is 19.3 Å². The van der Waals surface area contributed by atoms with E-state index >= 15 is 0 Å². The summed E-state index contributed by atoms with van der Waals surface area (Å²) in [7, 11) is -3.60. The number of hydrogen-bond acceptors (Lipinski definition) is 6. The maximum atomic E-state index is 12.0. The zero-order chi connectivity index (χ0) is 20.7. The number of ether oxygens (including phenoxy) is 1. The Morgan fingerprint density at radius 1 is 1.21 bits per heavy atom. The molecule has 1 aliphatic heterocycles. The highest BCUT2D eigenvalue weighted by Crippen LogP contribution is 2.22. The van der Waals surface area contributed by atoms with Gasteiger partial charge in [-0.2, -0.15) is 0 Å². The molecule has 1 amide bonds. The van der Waals surface area contributed by atoms with Crippen LogP contribution in [-0.4, -0.2) is 45.8 Å². The van der Waals surface area contributed by atoms with E-state index in [9.17, 15) is 18.0 Å². The quantitative estimate of drug-likeness (QED) is 0.491. The van der Waals surface area contributed by atoms with E-state index in [1.165, 1.54) is 24.5 Å². The predicted molar refractivity (Wildman–Crippen MR) is 108 cm³/mol. The first kappa shape index (κ1) is 21.0. The van der Waals surface area contributed by atoms with E-state index in [1.54, 1.807) is 18.2 Å². The summed E-state index contributed by atoms with van der Waals surface area (Å²) in [6.07, 6.45) is 7.65. The number of carbonyl (C=O) groups is 2. The van der Waals surface area contributed by atoms with Gasteiger partial charge in [-0.1, -0.05) is 23.8 Å². The number of esters is 1. The third-order valence-corrected chi connectivity index (χ3v) is 6.16. The lowest BCUT2D eigenvalue weighted by molar-refractivity contribution is -0.148. The molecule has 0 atom stereocenters. The van der Waals surface area contributed by atoms with Crippen LogP contribution in [-0.2, 0) is 24.3 Å². The second-order valence-electron chi connectivity index (χ2n) is 6.95. The standard InChI is InChI=1S/C20H25N3O5S/c24-18(21-12-10-15-6-2-1-3-7-15)14-28-19(25)11-13-22-20-16-8-4-5-9-17(16)29(26,27)23-20/h4-6,8-9H,1-3,7,10-14H2,(H,21,24)(H,22,23). The molecule has 0 spiro atoms. The number of amidine groups is 1. The molecule has 9 heteroatoms. The number of amides is 1. The first-order valence-corrected chi connectivity index (χ1v) is 11.2.